The smallest absolute Gasteiger partial charge is 0.323 e. The van der Waals surface area contributed by atoms with Crippen LogP contribution in [0.2, 0.25) is 0 Å². The van der Waals surface area contributed by atoms with Crippen molar-refractivity contribution < 1.29 is 19.2 Å². The Bertz CT molecular complexity index is 1340. The van der Waals surface area contributed by atoms with Gasteiger partial charge in [-0.25, -0.2) is 0 Å². The molecular weight excluding hydrogens is 422 g/mol. The summed E-state index contributed by atoms with van der Waals surface area (Å²) in [5, 5.41) is 13.8. The molecule has 2 N–H and O–H groups in total. The Kier molecular flexibility index (Phi) is 6.26. The summed E-state index contributed by atoms with van der Waals surface area (Å²) in [5.41, 5.74) is 4.92. The van der Waals surface area contributed by atoms with Crippen molar-refractivity contribution in [2.24, 2.45) is 0 Å². The van der Waals surface area contributed by atoms with Crippen LogP contribution in [0.15, 0.2) is 91.0 Å². The van der Waals surface area contributed by atoms with E-state index in [4.69, 9.17) is 4.74 Å². The average molecular weight is 441 g/mol. The van der Waals surface area contributed by atoms with Crippen LogP contribution < -0.4 is 15.6 Å². The third-order valence-corrected chi connectivity index (χ3v) is 4.96. The van der Waals surface area contributed by atoms with Crippen LogP contribution in [-0.2, 0) is 6.61 Å². The fourth-order valence-electron chi connectivity index (χ4n) is 3.34. The maximum Gasteiger partial charge on any atom is 0.323 e. The minimum Gasteiger partial charge on any atom is -0.482 e. The zero-order valence-corrected chi connectivity index (χ0v) is 17.4. The number of nitrogens with zero attached hydrogens (tertiary/aromatic N) is 1. The van der Waals surface area contributed by atoms with Gasteiger partial charge >= 0.3 is 5.69 Å². The van der Waals surface area contributed by atoms with Crippen molar-refractivity contribution in [2.75, 3.05) is 0 Å². The third-order valence-electron chi connectivity index (χ3n) is 4.96. The predicted molar refractivity (Wildman–Crippen MR) is 123 cm³/mol. The van der Waals surface area contributed by atoms with Gasteiger partial charge in [-0.05, 0) is 46.7 Å². The van der Waals surface area contributed by atoms with Crippen LogP contribution in [0.5, 0.6) is 5.75 Å². The van der Waals surface area contributed by atoms with Gasteiger partial charge in [0.1, 0.15) is 12.2 Å². The maximum atomic E-state index is 12.6. The van der Waals surface area contributed by atoms with Gasteiger partial charge in [0.05, 0.1) is 4.92 Å². The number of carbonyl (C=O) groups is 2. The number of ether oxygens (including phenoxy) is 1. The molecule has 0 aliphatic heterocycles. The Balaban J connectivity index is 1.50. The van der Waals surface area contributed by atoms with E-state index < -0.39 is 22.4 Å². The molecule has 0 aliphatic carbocycles. The number of fused-ring (bicyclic) bond motifs is 1. The molecule has 4 aromatic carbocycles. The van der Waals surface area contributed by atoms with Gasteiger partial charge in [-0.2, -0.15) is 0 Å². The van der Waals surface area contributed by atoms with Crippen molar-refractivity contribution in [1.82, 2.24) is 10.9 Å². The Hall–Kier alpha value is -4.72. The molecule has 164 valence electrons. The number of rotatable bonds is 6. The molecule has 2 amide bonds. The highest BCUT2D eigenvalue weighted by Crippen LogP contribution is 2.31. The second-order valence-corrected chi connectivity index (χ2v) is 7.15. The molecule has 0 heterocycles. The van der Waals surface area contributed by atoms with E-state index in [0.29, 0.717) is 5.56 Å². The molecule has 0 unspecified atom stereocenters. The normalized spacial score (nSPS) is 10.4. The molecule has 0 saturated heterocycles. The molecular formula is C25H19N3O5. The molecule has 4 rings (SSSR count). The highest BCUT2D eigenvalue weighted by molar-refractivity contribution is 6.01. The van der Waals surface area contributed by atoms with E-state index in [-0.39, 0.29) is 17.9 Å². The Morgan fingerprint density at radius 2 is 1.48 bits per heavy atom. The number of nitrogens with one attached hydrogen (secondary N) is 2. The zero-order chi connectivity index (χ0) is 23.2. The lowest BCUT2D eigenvalue weighted by atomic mass is 10.1. The molecule has 33 heavy (non-hydrogen) atoms. The van der Waals surface area contributed by atoms with E-state index in [0.717, 1.165) is 16.3 Å². The molecule has 0 aromatic heterocycles. The molecule has 0 saturated carbocycles. The number of hydrogen-bond acceptors (Lipinski definition) is 5. The highest BCUT2D eigenvalue weighted by Gasteiger charge is 2.26. The van der Waals surface area contributed by atoms with E-state index in [1.165, 1.54) is 18.2 Å². The highest BCUT2D eigenvalue weighted by atomic mass is 16.6. The Morgan fingerprint density at radius 1 is 0.788 bits per heavy atom. The number of para-hydroxylation sites is 1. The van der Waals surface area contributed by atoms with E-state index in [1.54, 1.807) is 30.3 Å². The molecule has 0 radical (unpaired) electrons. The quantitative estimate of drug-likeness (QED) is 0.340. The Morgan fingerprint density at radius 3 is 2.24 bits per heavy atom. The number of carbonyl (C=O) groups excluding carboxylic acids is 2. The van der Waals surface area contributed by atoms with Crippen molar-refractivity contribution >= 4 is 28.3 Å². The lowest BCUT2D eigenvalue weighted by Gasteiger charge is -2.11. The largest absolute Gasteiger partial charge is 0.482 e. The van der Waals surface area contributed by atoms with Crippen LogP contribution in [-0.4, -0.2) is 16.7 Å². The number of amides is 2. The van der Waals surface area contributed by atoms with Crippen molar-refractivity contribution in [3.05, 3.63) is 118 Å². The van der Waals surface area contributed by atoms with Crippen LogP contribution in [0, 0.1) is 10.1 Å². The molecule has 0 bridgehead atoms. The number of hydrazine groups is 1. The summed E-state index contributed by atoms with van der Waals surface area (Å²) in [6.07, 6.45) is 0. The molecule has 0 atom stereocenters. The molecule has 8 heteroatoms. The summed E-state index contributed by atoms with van der Waals surface area (Å²) >= 11 is 0. The monoisotopic (exact) mass is 441 g/mol. The summed E-state index contributed by atoms with van der Waals surface area (Å²) in [6, 6.07) is 26.1. The van der Waals surface area contributed by atoms with Crippen molar-refractivity contribution in [3.63, 3.8) is 0 Å². The number of benzene rings is 4. The molecule has 0 fully saturated rings. The topological polar surface area (TPSA) is 111 Å². The van der Waals surface area contributed by atoms with Crippen LogP contribution in [0.4, 0.5) is 5.69 Å². The summed E-state index contributed by atoms with van der Waals surface area (Å²) < 4.78 is 5.71. The van der Waals surface area contributed by atoms with Gasteiger partial charge in [-0.15, -0.1) is 0 Å². The summed E-state index contributed by atoms with van der Waals surface area (Å²) in [4.78, 5) is 35.8. The van der Waals surface area contributed by atoms with Gasteiger partial charge < -0.3 is 4.74 Å². The van der Waals surface area contributed by atoms with E-state index in [9.17, 15) is 19.7 Å². The fourth-order valence-corrected chi connectivity index (χ4v) is 3.34. The first kappa shape index (κ1) is 21.5. The van der Waals surface area contributed by atoms with Crippen molar-refractivity contribution in [3.8, 4) is 5.75 Å². The molecule has 0 spiro atoms. The van der Waals surface area contributed by atoms with Gasteiger partial charge in [0, 0.05) is 5.56 Å². The van der Waals surface area contributed by atoms with Crippen LogP contribution in [0.3, 0.4) is 0 Å². The lowest BCUT2D eigenvalue weighted by molar-refractivity contribution is -0.386. The summed E-state index contributed by atoms with van der Waals surface area (Å²) in [6.45, 7) is 0.0848. The standard InChI is InChI=1S/C25H19N3O5/c29-24(19-8-2-1-3-9-19)26-27-25(30)21-11-6-12-22(23(21)28(31)32)33-16-17-13-14-18-7-4-5-10-20(18)15-17/h1-15H,16H2,(H,26,29)(H,27,30). The van der Waals surface area contributed by atoms with Gasteiger partial charge in [0.25, 0.3) is 11.8 Å². The summed E-state index contributed by atoms with van der Waals surface area (Å²) in [5.74, 6) is -1.42. The third kappa shape index (κ3) is 4.96. The van der Waals surface area contributed by atoms with Gasteiger partial charge in [-0.3, -0.25) is 30.6 Å². The van der Waals surface area contributed by atoms with Crippen molar-refractivity contribution in [2.45, 2.75) is 6.61 Å². The first-order valence-corrected chi connectivity index (χ1v) is 10.1. The minimum atomic E-state index is -0.831. The van der Waals surface area contributed by atoms with E-state index in [1.807, 2.05) is 42.5 Å². The molecule has 4 aromatic rings. The molecule has 0 aliphatic rings. The number of hydrogen-bond donors (Lipinski definition) is 2. The fraction of sp³-hybridized carbons (Fsp3) is 0.0400. The van der Waals surface area contributed by atoms with Gasteiger partial charge in [0.2, 0.25) is 0 Å². The summed E-state index contributed by atoms with van der Waals surface area (Å²) in [7, 11) is 0. The van der Waals surface area contributed by atoms with E-state index >= 15 is 0 Å². The zero-order valence-electron chi connectivity index (χ0n) is 17.4. The predicted octanol–water partition coefficient (Wildman–Crippen LogP) is 4.40. The average Bonchev–Trinajstić information content (AvgIpc) is 2.85. The van der Waals surface area contributed by atoms with E-state index in [2.05, 4.69) is 10.9 Å². The lowest BCUT2D eigenvalue weighted by Crippen LogP contribution is -2.41. The first-order chi connectivity index (χ1) is 16.0. The van der Waals surface area contributed by atoms with Crippen LogP contribution in [0.1, 0.15) is 26.3 Å². The van der Waals surface area contributed by atoms with Crippen LogP contribution in [0.25, 0.3) is 10.8 Å². The Labute approximate surface area is 188 Å². The number of nitro benzene ring substituents is 1. The first-order valence-electron chi connectivity index (χ1n) is 10.1. The minimum absolute atomic E-state index is 0.0461. The van der Waals surface area contributed by atoms with Gasteiger partial charge in [-0.1, -0.05) is 60.7 Å². The van der Waals surface area contributed by atoms with Crippen molar-refractivity contribution in [1.29, 1.82) is 0 Å². The second-order valence-electron chi connectivity index (χ2n) is 7.15. The number of nitro groups is 1. The molecule has 8 nitrogen and oxygen atoms in total. The second kappa shape index (κ2) is 9.61. The maximum absolute atomic E-state index is 12.6. The SMILES string of the molecule is O=C(NNC(=O)c1cccc(OCc2ccc3ccccc3c2)c1[N+](=O)[O-])c1ccccc1. The van der Waals surface area contributed by atoms with Gasteiger partial charge in [0.15, 0.2) is 5.75 Å². The van der Waals surface area contributed by atoms with Crippen LogP contribution >= 0.6 is 0 Å².